The first-order valence-electron chi connectivity index (χ1n) is 8.30. The molecule has 25 heavy (non-hydrogen) atoms. The molecular formula is C21H18N2O2. The summed E-state index contributed by atoms with van der Waals surface area (Å²) in [6, 6.07) is 23.1. The Hall–Kier alpha value is -3.14. The van der Waals surface area contributed by atoms with Gasteiger partial charge in [-0.05, 0) is 24.6 Å². The third-order valence-corrected chi connectivity index (χ3v) is 4.46. The van der Waals surface area contributed by atoms with E-state index in [0.717, 1.165) is 11.1 Å². The van der Waals surface area contributed by atoms with E-state index in [1.807, 2.05) is 79.7 Å². The minimum Gasteiger partial charge on any atom is -0.472 e. The fourth-order valence-electron chi connectivity index (χ4n) is 3.16. The highest BCUT2D eigenvalue weighted by Crippen LogP contribution is 2.41. The van der Waals surface area contributed by atoms with Crippen molar-refractivity contribution in [1.29, 1.82) is 0 Å². The Balaban J connectivity index is 1.80. The molecule has 0 radical (unpaired) electrons. The maximum absolute atomic E-state index is 13.3. The lowest BCUT2D eigenvalue weighted by Crippen LogP contribution is -2.43. The Morgan fingerprint density at radius 2 is 1.64 bits per heavy atom. The van der Waals surface area contributed by atoms with Crippen LogP contribution in [0.1, 0.15) is 30.2 Å². The maximum Gasteiger partial charge on any atom is 0.274 e. The van der Waals surface area contributed by atoms with Gasteiger partial charge < -0.3 is 4.74 Å². The summed E-state index contributed by atoms with van der Waals surface area (Å²) in [5.41, 5.74) is 1.90. The fourth-order valence-corrected chi connectivity index (χ4v) is 3.16. The number of carbonyl (C=O) groups is 1. The van der Waals surface area contributed by atoms with Crippen molar-refractivity contribution in [2.45, 2.75) is 19.1 Å². The highest BCUT2D eigenvalue weighted by molar-refractivity contribution is 6.00. The second kappa shape index (κ2) is 6.40. The Morgan fingerprint density at radius 1 is 0.960 bits per heavy atom. The van der Waals surface area contributed by atoms with Crippen LogP contribution in [0.15, 0.2) is 79.0 Å². The molecule has 4 rings (SSSR count). The van der Waals surface area contributed by atoms with Crippen LogP contribution < -0.4 is 9.64 Å². The summed E-state index contributed by atoms with van der Waals surface area (Å²) >= 11 is 0. The van der Waals surface area contributed by atoms with Crippen LogP contribution in [-0.4, -0.2) is 10.9 Å². The predicted octanol–water partition coefficient (Wildman–Crippen LogP) is 4.31. The molecule has 124 valence electrons. The molecule has 1 aliphatic rings. The predicted molar refractivity (Wildman–Crippen MR) is 96.4 cm³/mol. The Morgan fingerprint density at radius 3 is 2.36 bits per heavy atom. The molecule has 0 aliphatic carbocycles. The molecule has 4 nitrogen and oxygen atoms in total. The maximum atomic E-state index is 13.3. The smallest absolute Gasteiger partial charge is 0.274 e. The van der Waals surface area contributed by atoms with Gasteiger partial charge in [0, 0.05) is 11.8 Å². The second-order valence-electron chi connectivity index (χ2n) is 6.03. The zero-order chi connectivity index (χ0) is 17.2. The first kappa shape index (κ1) is 15.4. The largest absolute Gasteiger partial charge is 0.472 e. The molecule has 2 aromatic carbocycles. The van der Waals surface area contributed by atoms with Crippen molar-refractivity contribution in [2.24, 2.45) is 0 Å². The van der Waals surface area contributed by atoms with Gasteiger partial charge in [0.1, 0.15) is 0 Å². The van der Waals surface area contributed by atoms with Crippen molar-refractivity contribution in [3.8, 4) is 5.75 Å². The summed E-state index contributed by atoms with van der Waals surface area (Å²) in [6.45, 7) is 2.01. The molecule has 0 N–H and O–H groups in total. The van der Waals surface area contributed by atoms with Crippen molar-refractivity contribution < 1.29 is 9.53 Å². The molecule has 1 aliphatic heterocycles. The van der Waals surface area contributed by atoms with Crippen LogP contribution in [-0.2, 0) is 4.79 Å². The number of rotatable bonds is 3. The Kier molecular flexibility index (Phi) is 3.94. The van der Waals surface area contributed by atoms with E-state index < -0.39 is 6.10 Å². The molecule has 4 heteroatoms. The van der Waals surface area contributed by atoms with Crippen LogP contribution in [0.2, 0.25) is 0 Å². The number of amides is 1. The van der Waals surface area contributed by atoms with Crippen molar-refractivity contribution in [3.05, 3.63) is 90.1 Å². The van der Waals surface area contributed by atoms with Crippen LogP contribution in [0.25, 0.3) is 0 Å². The van der Waals surface area contributed by atoms with Gasteiger partial charge in [0.15, 0.2) is 11.6 Å². The Labute approximate surface area is 146 Å². The van der Waals surface area contributed by atoms with Crippen molar-refractivity contribution in [1.82, 2.24) is 4.98 Å². The molecule has 0 saturated carbocycles. The van der Waals surface area contributed by atoms with Crippen LogP contribution in [0.5, 0.6) is 5.75 Å². The molecule has 1 amide bonds. The topological polar surface area (TPSA) is 42.4 Å². The first-order chi connectivity index (χ1) is 12.3. The van der Waals surface area contributed by atoms with E-state index in [0.29, 0.717) is 11.6 Å². The number of anilines is 1. The standard InChI is InChI=1S/C21H18N2O2/c1-15(16-9-4-2-5-10-16)23-20-18(13-8-14-22-20)25-19(21(23)24)17-11-6-3-7-12-17/h2-15,19H,1H3. The highest BCUT2D eigenvalue weighted by Gasteiger charge is 2.39. The summed E-state index contributed by atoms with van der Waals surface area (Å²) in [5.74, 6) is 1.09. The van der Waals surface area contributed by atoms with Gasteiger partial charge in [0.05, 0.1) is 6.04 Å². The number of hydrogen-bond donors (Lipinski definition) is 0. The average molecular weight is 330 g/mol. The van der Waals surface area contributed by atoms with Gasteiger partial charge >= 0.3 is 0 Å². The number of ether oxygens (including phenoxy) is 1. The number of carbonyl (C=O) groups excluding carboxylic acids is 1. The average Bonchev–Trinajstić information content (AvgIpc) is 2.68. The lowest BCUT2D eigenvalue weighted by molar-refractivity contribution is -0.127. The normalized spacial score (nSPS) is 17.6. The summed E-state index contributed by atoms with van der Waals surface area (Å²) in [4.78, 5) is 19.4. The molecule has 2 unspecified atom stereocenters. The van der Waals surface area contributed by atoms with Crippen LogP contribution in [0, 0.1) is 0 Å². The van der Waals surface area contributed by atoms with Gasteiger partial charge in [-0.1, -0.05) is 60.7 Å². The quantitative estimate of drug-likeness (QED) is 0.719. The highest BCUT2D eigenvalue weighted by atomic mass is 16.5. The molecule has 1 aromatic heterocycles. The van der Waals surface area contributed by atoms with E-state index in [2.05, 4.69) is 4.98 Å². The molecule has 0 saturated heterocycles. The molecule has 2 atom stereocenters. The summed E-state index contributed by atoms with van der Waals surface area (Å²) in [7, 11) is 0. The van der Waals surface area contributed by atoms with E-state index in [9.17, 15) is 4.79 Å². The summed E-state index contributed by atoms with van der Waals surface area (Å²) in [5, 5.41) is 0. The molecule has 0 fully saturated rings. The Bertz CT molecular complexity index is 881. The lowest BCUT2D eigenvalue weighted by atomic mass is 10.0. The third kappa shape index (κ3) is 2.76. The zero-order valence-electron chi connectivity index (χ0n) is 13.9. The van der Waals surface area contributed by atoms with Crippen LogP contribution >= 0.6 is 0 Å². The van der Waals surface area contributed by atoms with E-state index in [1.54, 1.807) is 11.1 Å². The van der Waals surface area contributed by atoms with Crippen LogP contribution in [0.4, 0.5) is 5.82 Å². The molecule has 2 heterocycles. The summed E-state index contributed by atoms with van der Waals surface area (Å²) < 4.78 is 5.99. The second-order valence-corrected chi connectivity index (χ2v) is 6.03. The van der Waals surface area contributed by atoms with Crippen LogP contribution in [0.3, 0.4) is 0 Å². The number of hydrogen-bond acceptors (Lipinski definition) is 3. The third-order valence-electron chi connectivity index (χ3n) is 4.46. The van der Waals surface area contributed by atoms with Gasteiger partial charge in [-0.2, -0.15) is 0 Å². The fraction of sp³-hybridized carbons (Fsp3) is 0.143. The zero-order valence-corrected chi connectivity index (χ0v) is 13.9. The molecule has 0 spiro atoms. The molecular weight excluding hydrogens is 312 g/mol. The van der Waals surface area contributed by atoms with Crippen molar-refractivity contribution in [3.63, 3.8) is 0 Å². The van der Waals surface area contributed by atoms with E-state index in [1.165, 1.54) is 0 Å². The van der Waals surface area contributed by atoms with E-state index in [-0.39, 0.29) is 11.9 Å². The number of aromatic nitrogens is 1. The number of benzene rings is 2. The van der Waals surface area contributed by atoms with Gasteiger partial charge in [0.2, 0.25) is 6.10 Å². The van der Waals surface area contributed by atoms with Gasteiger partial charge in [0.25, 0.3) is 5.91 Å². The van der Waals surface area contributed by atoms with Gasteiger partial charge in [-0.25, -0.2) is 4.98 Å². The number of nitrogens with zero attached hydrogens (tertiary/aromatic N) is 2. The summed E-state index contributed by atoms with van der Waals surface area (Å²) in [6.07, 6.45) is 1.02. The minimum absolute atomic E-state index is 0.103. The van der Waals surface area contributed by atoms with E-state index in [4.69, 9.17) is 4.74 Å². The molecule has 0 bridgehead atoms. The van der Waals surface area contributed by atoms with Crippen molar-refractivity contribution >= 4 is 11.7 Å². The first-order valence-corrected chi connectivity index (χ1v) is 8.30. The number of fused-ring (bicyclic) bond motifs is 1. The van der Waals surface area contributed by atoms with E-state index >= 15 is 0 Å². The monoisotopic (exact) mass is 330 g/mol. The van der Waals surface area contributed by atoms with Crippen molar-refractivity contribution in [2.75, 3.05) is 4.90 Å². The number of pyridine rings is 1. The minimum atomic E-state index is -0.663. The SMILES string of the molecule is CC(c1ccccc1)N1C(=O)C(c2ccccc2)Oc2cccnc21. The lowest BCUT2D eigenvalue weighted by Gasteiger charge is -2.37. The molecule has 3 aromatic rings. The van der Waals surface area contributed by atoms with Gasteiger partial charge in [-0.3, -0.25) is 9.69 Å². The van der Waals surface area contributed by atoms with Gasteiger partial charge in [-0.15, -0.1) is 0 Å².